The van der Waals surface area contributed by atoms with Crippen molar-refractivity contribution in [1.29, 1.82) is 0 Å². The summed E-state index contributed by atoms with van der Waals surface area (Å²) in [6, 6.07) is 14.7. The van der Waals surface area contributed by atoms with E-state index < -0.39 is 11.9 Å². The Balaban J connectivity index is 1.74. The Morgan fingerprint density at radius 1 is 1.21 bits per heavy atom. The van der Waals surface area contributed by atoms with Crippen molar-refractivity contribution in [1.82, 2.24) is 20.2 Å². The van der Waals surface area contributed by atoms with Gasteiger partial charge in [0.25, 0.3) is 0 Å². The van der Waals surface area contributed by atoms with Crippen LogP contribution >= 0.6 is 0 Å². The van der Waals surface area contributed by atoms with E-state index in [1.54, 1.807) is 20.1 Å². The van der Waals surface area contributed by atoms with E-state index in [1.165, 1.54) is 4.68 Å². The number of nitrogens with one attached hydrogen (secondary N) is 1. The number of anilines is 1. The number of aromatic nitrogens is 4. The summed E-state index contributed by atoms with van der Waals surface area (Å²) in [5, 5.41) is 14.7. The number of benzene rings is 2. The minimum atomic E-state index is -0.580. The lowest BCUT2D eigenvalue weighted by Crippen LogP contribution is -2.31. The average molecular weight is 392 g/mol. The molecule has 1 amide bonds. The Kier molecular flexibility index (Phi) is 4.86. The molecular weight excluding hydrogens is 372 g/mol. The number of amides is 1. The number of allylic oxidation sites excluding steroid dienone is 1. The number of nitrogens with two attached hydrogens (primary N) is 1. The molecule has 9 nitrogen and oxygen atoms in total. The van der Waals surface area contributed by atoms with E-state index in [2.05, 4.69) is 20.8 Å². The van der Waals surface area contributed by atoms with E-state index in [0.717, 1.165) is 11.1 Å². The fourth-order valence-electron chi connectivity index (χ4n) is 3.35. The highest BCUT2D eigenvalue weighted by atomic mass is 16.5. The van der Waals surface area contributed by atoms with Gasteiger partial charge in [0.2, 0.25) is 11.9 Å². The number of rotatable bonds is 6. The Labute approximate surface area is 167 Å². The van der Waals surface area contributed by atoms with Crippen molar-refractivity contribution in [3.63, 3.8) is 0 Å². The average Bonchev–Trinajstić information content (AvgIpc) is 3.19. The first-order chi connectivity index (χ1) is 14.1. The number of carbonyl (C=O) groups is 1. The topological polar surface area (TPSA) is 117 Å². The zero-order chi connectivity index (χ0) is 20.4. The first-order valence-electron chi connectivity index (χ1n) is 8.98. The van der Waals surface area contributed by atoms with Gasteiger partial charge in [-0.3, -0.25) is 4.79 Å². The highest BCUT2D eigenvalue weighted by Gasteiger charge is 2.33. The smallest absolute Gasteiger partial charge is 0.248 e. The molecule has 0 spiro atoms. The SMILES string of the molecule is COc1ccc(C2C(C(N)=O)=C(C)Nc3nnnn32)cc1OCc1ccccc1. The molecule has 0 radical (unpaired) electrons. The molecule has 9 heteroatoms. The lowest BCUT2D eigenvalue weighted by Gasteiger charge is -2.27. The van der Waals surface area contributed by atoms with Crippen molar-refractivity contribution >= 4 is 11.9 Å². The van der Waals surface area contributed by atoms with Crippen LogP contribution in [-0.2, 0) is 11.4 Å². The summed E-state index contributed by atoms with van der Waals surface area (Å²) in [7, 11) is 1.58. The molecule has 2 heterocycles. The van der Waals surface area contributed by atoms with E-state index in [1.807, 2.05) is 42.5 Å². The Morgan fingerprint density at radius 2 is 2.00 bits per heavy atom. The van der Waals surface area contributed by atoms with E-state index in [9.17, 15) is 4.79 Å². The van der Waals surface area contributed by atoms with E-state index in [-0.39, 0.29) is 0 Å². The van der Waals surface area contributed by atoms with Crippen LogP contribution in [0.25, 0.3) is 0 Å². The van der Waals surface area contributed by atoms with Crippen molar-refractivity contribution < 1.29 is 14.3 Å². The second-order valence-corrected chi connectivity index (χ2v) is 6.56. The molecule has 3 N–H and O–H groups in total. The van der Waals surface area contributed by atoms with Gasteiger partial charge in [0.1, 0.15) is 12.6 Å². The molecule has 0 saturated carbocycles. The molecular formula is C20H20N6O3. The van der Waals surface area contributed by atoms with E-state index >= 15 is 0 Å². The zero-order valence-electron chi connectivity index (χ0n) is 16.0. The Bertz CT molecular complexity index is 1080. The third-order valence-electron chi connectivity index (χ3n) is 4.72. The quantitative estimate of drug-likeness (QED) is 0.659. The van der Waals surface area contributed by atoms with Gasteiger partial charge in [-0.1, -0.05) is 41.5 Å². The minimum Gasteiger partial charge on any atom is -0.493 e. The van der Waals surface area contributed by atoms with Gasteiger partial charge in [-0.05, 0) is 40.6 Å². The molecule has 0 fully saturated rings. The summed E-state index contributed by atoms with van der Waals surface area (Å²) >= 11 is 0. The number of carbonyl (C=O) groups excluding carboxylic acids is 1. The lowest BCUT2D eigenvalue weighted by molar-refractivity contribution is -0.115. The number of fused-ring (bicyclic) bond motifs is 1. The van der Waals surface area contributed by atoms with Crippen LogP contribution in [0.15, 0.2) is 59.8 Å². The number of hydrogen-bond donors (Lipinski definition) is 2. The van der Waals surface area contributed by atoms with Gasteiger partial charge >= 0.3 is 0 Å². The molecule has 1 unspecified atom stereocenters. The molecule has 2 aromatic carbocycles. The molecule has 1 aliphatic rings. The fourth-order valence-corrected chi connectivity index (χ4v) is 3.35. The van der Waals surface area contributed by atoms with Crippen LogP contribution < -0.4 is 20.5 Å². The maximum Gasteiger partial charge on any atom is 0.248 e. The van der Waals surface area contributed by atoms with Crippen molar-refractivity contribution in [2.45, 2.75) is 19.6 Å². The summed E-state index contributed by atoms with van der Waals surface area (Å²) < 4.78 is 13.0. The minimum absolute atomic E-state index is 0.376. The Hall–Kier alpha value is -3.88. The summed E-state index contributed by atoms with van der Waals surface area (Å²) in [4.78, 5) is 12.2. The van der Waals surface area contributed by atoms with Gasteiger partial charge in [0.05, 0.1) is 12.7 Å². The molecule has 4 rings (SSSR count). The summed E-state index contributed by atoms with van der Waals surface area (Å²) in [6.07, 6.45) is 0. The molecule has 3 aromatic rings. The number of hydrogen-bond acceptors (Lipinski definition) is 7. The Morgan fingerprint density at radius 3 is 2.72 bits per heavy atom. The molecule has 29 heavy (non-hydrogen) atoms. The fraction of sp³-hybridized carbons (Fsp3) is 0.200. The van der Waals surface area contributed by atoms with Crippen LogP contribution in [0.1, 0.15) is 24.1 Å². The predicted molar refractivity (Wildman–Crippen MR) is 105 cm³/mol. The first kappa shape index (κ1) is 18.5. The maximum atomic E-state index is 12.2. The van der Waals surface area contributed by atoms with Crippen LogP contribution in [0, 0.1) is 0 Å². The summed E-state index contributed by atoms with van der Waals surface area (Å²) in [5.41, 5.74) is 8.42. The summed E-state index contributed by atoms with van der Waals surface area (Å²) in [6.45, 7) is 2.14. The number of primary amides is 1. The van der Waals surface area contributed by atoms with E-state index in [0.29, 0.717) is 35.3 Å². The molecule has 0 aliphatic carbocycles. The molecule has 1 atom stereocenters. The van der Waals surface area contributed by atoms with Crippen molar-refractivity contribution in [2.75, 3.05) is 12.4 Å². The van der Waals surface area contributed by atoms with Gasteiger partial charge in [-0.25, -0.2) is 0 Å². The van der Waals surface area contributed by atoms with Crippen LogP contribution in [0.4, 0.5) is 5.95 Å². The van der Waals surface area contributed by atoms with Crippen molar-refractivity contribution in [2.24, 2.45) is 5.73 Å². The third-order valence-corrected chi connectivity index (χ3v) is 4.72. The van der Waals surface area contributed by atoms with Gasteiger partial charge in [-0.15, -0.1) is 0 Å². The molecule has 148 valence electrons. The van der Waals surface area contributed by atoms with Gasteiger partial charge in [-0.2, -0.15) is 4.68 Å². The van der Waals surface area contributed by atoms with Crippen LogP contribution in [0.3, 0.4) is 0 Å². The van der Waals surface area contributed by atoms with E-state index in [4.69, 9.17) is 15.2 Å². The van der Waals surface area contributed by atoms with Gasteiger partial charge in [0, 0.05) is 5.70 Å². The van der Waals surface area contributed by atoms with Crippen LogP contribution in [-0.4, -0.2) is 33.2 Å². The lowest BCUT2D eigenvalue weighted by atomic mass is 9.95. The standard InChI is InChI=1S/C20H20N6O3/c1-12-17(19(21)27)18(26-20(22-12)23-24-25-26)14-8-9-15(28-2)16(10-14)29-11-13-6-4-3-5-7-13/h3-10,18H,11H2,1-2H3,(H2,21,27)(H,22,23,25). The van der Waals surface area contributed by atoms with Crippen LogP contribution in [0.2, 0.25) is 0 Å². The highest BCUT2D eigenvalue weighted by Crippen LogP contribution is 2.38. The molecule has 0 bridgehead atoms. The number of nitrogens with zero attached hydrogens (tertiary/aromatic N) is 4. The highest BCUT2D eigenvalue weighted by molar-refractivity contribution is 5.95. The number of methoxy groups -OCH3 is 1. The van der Waals surface area contributed by atoms with Gasteiger partial charge < -0.3 is 20.5 Å². The second kappa shape index (κ2) is 7.63. The first-order valence-corrected chi connectivity index (χ1v) is 8.98. The second-order valence-electron chi connectivity index (χ2n) is 6.56. The molecule has 1 aromatic heterocycles. The third kappa shape index (κ3) is 3.49. The van der Waals surface area contributed by atoms with Crippen molar-refractivity contribution in [3.05, 3.63) is 70.9 Å². The molecule has 0 saturated heterocycles. The monoisotopic (exact) mass is 392 g/mol. The normalized spacial score (nSPS) is 15.4. The largest absolute Gasteiger partial charge is 0.493 e. The number of ether oxygens (including phenoxy) is 2. The maximum absolute atomic E-state index is 12.2. The zero-order valence-corrected chi connectivity index (χ0v) is 16.0. The number of tetrazole rings is 1. The molecule has 1 aliphatic heterocycles. The summed E-state index contributed by atoms with van der Waals surface area (Å²) in [5.74, 6) is 1.00. The van der Waals surface area contributed by atoms with Crippen LogP contribution in [0.5, 0.6) is 11.5 Å². The van der Waals surface area contributed by atoms with Gasteiger partial charge in [0.15, 0.2) is 11.5 Å². The van der Waals surface area contributed by atoms with Crippen molar-refractivity contribution in [3.8, 4) is 11.5 Å². The predicted octanol–water partition coefficient (Wildman–Crippen LogP) is 2.03.